The first kappa shape index (κ1) is 12.0. The lowest BCUT2D eigenvalue weighted by Gasteiger charge is -2.13. The fourth-order valence-electron chi connectivity index (χ4n) is 1.11. The third-order valence-electron chi connectivity index (χ3n) is 1.86. The van der Waals surface area contributed by atoms with Crippen molar-refractivity contribution in [2.75, 3.05) is 0 Å². The summed E-state index contributed by atoms with van der Waals surface area (Å²) in [6, 6.07) is 2.84. The number of alkyl halides is 4. The maximum atomic E-state index is 12.5. The summed E-state index contributed by atoms with van der Waals surface area (Å²) in [4.78, 5) is 0. The highest BCUT2D eigenvalue weighted by Crippen LogP contribution is 2.35. The average molecular weight is 332 g/mol. The Morgan fingerprint density at radius 1 is 1.29 bits per heavy atom. The van der Waals surface area contributed by atoms with E-state index in [4.69, 9.17) is 0 Å². The van der Waals surface area contributed by atoms with Crippen LogP contribution in [-0.2, 0) is 11.5 Å². The maximum Gasteiger partial charge on any atom is 0.416 e. The van der Waals surface area contributed by atoms with Gasteiger partial charge >= 0.3 is 6.18 Å². The first-order chi connectivity index (χ1) is 6.36. The molecule has 0 amide bonds. The predicted octanol–water partition coefficient (Wildman–Crippen LogP) is 4.67. The van der Waals surface area contributed by atoms with Gasteiger partial charge in [0.15, 0.2) is 0 Å². The number of hydrogen-bond acceptors (Lipinski definition) is 0. The standard InChI is InChI=1S/C9H7Br2F3/c1-5-7(9(12,13)14)2-6(4-10)3-8(5)11/h2-3H,4H2,1H3. The average Bonchev–Trinajstić information content (AvgIpc) is 2.07. The lowest BCUT2D eigenvalue weighted by molar-refractivity contribution is -0.138. The molecule has 78 valence electrons. The van der Waals surface area contributed by atoms with Crippen LogP contribution in [0.15, 0.2) is 16.6 Å². The Labute approximate surface area is 96.8 Å². The van der Waals surface area contributed by atoms with Crippen LogP contribution in [0.2, 0.25) is 0 Å². The van der Waals surface area contributed by atoms with E-state index in [1.807, 2.05) is 0 Å². The van der Waals surface area contributed by atoms with Gasteiger partial charge in [-0.05, 0) is 30.2 Å². The van der Waals surface area contributed by atoms with Crippen LogP contribution in [0.5, 0.6) is 0 Å². The van der Waals surface area contributed by atoms with Crippen LogP contribution in [0.25, 0.3) is 0 Å². The Hall–Kier alpha value is -0.0300. The van der Waals surface area contributed by atoms with Crippen molar-refractivity contribution >= 4 is 31.9 Å². The molecule has 0 heterocycles. The number of benzene rings is 1. The summed E-state index contributed by atoms with van der Waals surface area (Å²) in [5.41, 5.74) is 0.248. The van der Waals surface area contributed by atoms with Gasteiger partial charge in [-0.25, -0.2) is 0 Å². The number of hydrogen-bond donors (Lipinski definition) is 0. The molecule has 5 heteroatoms. The van der Waals surface area contributed by atoms with Crippen LogP contribution in [0, 0.1) is 6.92 Å². The van der Waals surface area contributed by atoms with Crippen LogP contribution in [0.4, 0.5) is 13.2 Å². The van der Waals surface area contributed by atoms with Gasteiger partial charge in [-0.3, -0.25) is 0 Å². The van der Waals surface area contributed by atoms with E-state index < -0.39 is 11.7 Å². The summed E-state index contributed by atoms with van der Waals surface area (Å²) in [5.74, 6) is 0. The minimum atomic E-state index is -4.29. The Morgan fingerprint density at radius 2 is 1.86 bits per heavy atom. The van der Waals surface area contributed by atoms with Crippen molar-refractivity contribution in [3.05, 3.63) is 33.3 Å². The summed E-state index contributed by atoms with van der Waals surface area (Å²) in [5, 5.41) is 0.412. The molecule has 0 aliphatic heterocycles. The van der Waals surface area contributed by atoms with Crippen LogP contribution in [0.3, 0.4) is 0 Å². The molecule has 0 atom stereocenters. The Kier molecular flexibility index (Phi) is 3.63. The summed E-state index contributed by atoms with van der Waals surface area (Å²) >= 11 is 6.24. The van der Waals surface area contributed by atoms with E-state index in [0.717, 1.165) is 6.07 Å². The summed E-state index contributed by atoms with van der Waals surface area (Å²) < 4.78 is 38.0. The molecule has 14 heavy (non-hydrogen) atoms. The zero-order valence-corrected chi connectivity index (χ0v) is 10.4. The van der Waals surface area contributed by atoms with Crippen LogP contribution in [0.1, 0.15) is 16.7 Å². The van der Waals surface area contributed by atoms with Crippen molar-refractivity contribution in [2.45, 2.75) is 18.4 Å². The highest BCUT2D eigenvalue weighted by Gasteiger charge is 2.33. The van der Waals surface area contributed by atoms with E-state index in [0.29, 0.717) is 15.4 Å². The van der Waals surface area contributed by atoms with E-state index >= 15 is 0 Å². The molecule has 0 aromatic heterocycles. The van der Waals surface area contributed by atoms with Crippen molar-refractivity contribution in [1.82, 2.24) is 0 Å². The van der Waals surface area contributed by atoms with Crippen LogP contribution >= 0.6 is 31.9 Å². The fraction of sp³-hybridized carbons (Fsp3) is 0.333. The van der Waals surface area contributed by atoms with Crippen molar-refractivity contribution in [1.29, 1.82) is 0 Å². The third-order valence-corrected chi connectivity index (χ3v) is 3.33. The van der Waals surface area contributed by atoms with E-state index in [9.17, 15) is 13.2 Å². The molecule has 1 aromatic rings. The minimum Gasteiger partial charge on any atom is -0.166 e. The van der Waals surface area contributed by atoms with Crippen molar-refractivity contribution in [3.8, 4) is 0 Å². The van der Waals surface area contributed by atoms with Crippen molar-refractivity contribution in [2.24, 2.45) is 0 Å². The van der Waals surface area contributed by atoms with Gasteiger partial charge in [0.2, 0.25) is 0 Å². The van der Waals surface area contributed by atoms with Crippen molar-refractivity contribution in [3.63, 3.8) is 0 Å². The second-order valence-corrected chi connectivity index (χ2v) is 4.30. The predicted molar refractivity (Wildman–Crippen MR) is 56.5 cm³/mol. The van der Waals surface area contributed by atoms with Gasteiger partial charge < -0.3 is 0 Å². The second kappa shape index (κ2) is 4.23. The Balaban J connectivity index is 3.35. The van der Waals surface area contributed by atoms with Gasteiger partial charge in [0.1, 0.15) is 0 Å². The second-order valence-electron chi connectivity index (χ2n) is 2.88. The van der Waals surface area contributed by atoms with Crippen LogP contribution in [-0.4, -0.2) is 0 Å². The Bertz CT molecular complexity index is 345. The van der Waals surface area contributed by atoms with E-state index in [1.165, 1.54) is 6.92 Å². The number of rotatable bonds is 1. The molecule has 0 saturated heterocycles. The molecule has 1 aromatic carbocycles. The fourth-order valence-corrected chi connectivity index (χ4v) is 1.94. The summed E-state index contributed by atoms with van der Waals surface area (Å²) in [6.07, 6.45) is -4.29. The van der Waals surface area contributed by atoms with Gasteiger partial charge in [0, 0.05) is 9.80 Å². The highest BCUT2D eigenvalue weighted by atomic mass is 79.9. The maximum absolute atomic E-state index is 12.5. The lowest BCUT2D eigenvalue weighted by Crippen LogP contribution is -2.08. The molecule has 0 aliphatic rings. The molecule has 0 N–H and O–H groups in total. The first-order valence-electron chi connectivity index (χ1n) is 3.78. The lowest BCUT2D eigenvalue weighted by atomic mass is 10.1. The monoisotopic (exact) mass is 330 g/mol. The molecule has 0 saturated carbocycles. The minimum absolute atomic E-state index is 0.224. The number of halogens is 5. The van der Waals surface area contributed by atoms with E-state index in [2.05, 4.69) is 31.9 Å². The van der Waals surface area contributed by atoms with Gasteiger partial charge in [-0.2, -0.15) is 13.2 Å². The molecule has 0 nitrogen and oxygen atoms in total. The SMILES string of the molecule is Cc1c(Br)cc(CBr)cc1C(F)(F)F. The largest absolute Gasteiger partial charge is 0.416 e. The molecule has 0 aliphatic carbocycles. The van der Waals surface area contributed by atoms with Crippen molar-refractivity contribution < 1.29 is 13.2 Å². The summed E-state index contributed by atoms with van der Waals surface area (Å²) in [6.45, 7) is 1.45. The molecule has 0 bridgehead atoms. The third kappa shape index (κ3) is 2.51. The topological polar surface area (TPSA) is 0 Å². The first-order valence-corrected chi connectivity index (χ1v) is 5.70. The molecule has 0 fully saturated rings. The van der Waals surface area contributed by atoms with E-state index in [1.54, 1.807) is 6.07 Å². The zero-order chi connectivity index (χ0) is 10.9. The molecule has 0 radical (unpaired) electrons. The van der Waals surface area contributed by atoms with E-state index in [-0.39, 0.29) is 5.56 Å². The molecular weight excluding hydrogens is 325 g/mol. The summed E-state index contributed by atoms with van der Waals surface area (Å²) in [7, 11) is 0. The van der Waals surface area contributed by atoms with Gasteiger partial charge in [-0.15, -0.1) is 0 Å². The van der Waals surface area contributed by atoms with Gasteiger partial charge in [-0.1, -0.05) is 31.9 Å². The molecule has 1 rings (SSSR count). The van der Waals surface area contributed by atoms with Gasteiger partial charge in [0.25, 0.3) is 0 Å². The molecular formula is C9H7Br2F3. The normalized spacial score (nSPS) is 11.9. The van der Waals surface area contributed by atoms with Gasteiger partial charge in [0.05, 0.1) is 5.56 Å². The zero-order valence-electron chi connectivity index (χ0n) is 7.25. The smallest absolute Gasteiger partial charge is 0.166 e. The Morgan fingerprint density at radius 3 is 2.29 bits per heavy atom. The van der Waals surface area contributed by atoms with Crippen LogP contribution < -0.4 is 0 Å². The highest BCUT2D eigenvalue weighted by molar-refractivity contribution is 9.10. The molecule has 0 spiro atoms. The molecule has 0 unspecified atom stereocenters. The quantitative estimate of drug-likeness (QED) is 0.656.